The molecule has 0 aliphatic heterocycles. The summed E-state index contributed by atoms with van der Waals surface area (Å²) in [7, 11) is 0. The number of hydrogen-bond donors (Lipinski definition) is 3. The number of Topliss-reactive ketones (excluding diaryl/α,β-unsaturated/α-hetero) is 1. The van der Waals surface area contributed by atoms with E-state index in [2.05, 4.69) is 4.98 Å². The van der Waals surface area contributed by atoms with Crippen LogP contribution in [0.1, 0.15) is 10.4 Å². The maximum Gasteiger partial charge on any atom is 0.194 e. The van der Waals surface area contributed by atoms with Crippen LogP contribution in [0.3, 0.4) is 0 Å². The van der Waals surface area contributed by atoms with Crippen molar-refractivity contribution in [2.45, 2.75) is 6.10 Å². The van der Waals surface area contributed by atoms with E-state index in [1.807, 2.05) is 0 Å². The number of carbonyl (C=O) groups is 1. The highest BCUT2D eigenvalue weighted by molar-refractivity contribution is 5.99. The van der Waals surface area contributed by atoms with E-state index in [-0.39, 0.29) is 12.3 Å². The molecule has 0 aliphatic carbocycles. The first-order valence-electron chi connectivity index (χ1n) is 3.31. The maximum atomic E-state index is 11.1. The average molecular weight is 154 g/mol. The van der Waals surface area contributed by atoms with E-state index in [9.17, 15) is 4.79 Å². The van der Waals surface area contributed by atoms with Crippen LogP contribution >= 0.6 is 0 Å². The lowest BCUT2D eigenvalue weighted by atomic mass is 10.1. The minimum absolute atomic E-state index is 0.0377. The molecule has 1 heterocycles. The number of H-pyrrole nitrogens is 1. The number of nitrogens with one attached hydrogen (secondary N) is 1. The van der Waals surface area contributed by atoms with Crippen LogP contribution in [0.15, 0.2) is 18.5 Å². The van der Waals surface area contributed by atoms with Gasteiger partial charge in [-0.3, -0.25) is 4.79 Å². The second-order valence-corrected chi connectivity index (χ2v) is 2.22. The van der Waals surface area contributed by atoms with Crippen LogP contribution in [0.2, 0.25) is 0 Å². The van der Waals surface area contributed by atoms with Gasteiger partial charge in [-0.15, -0.1) is 0 Å². The number of aromatic nitrogens is 1. The molecule has 4 N–H and O–H groups in total. The molecule has 1 aromatic rings. The van der Waals surface area contributed by atoms with Crippen molar-refractivity contribution in [1.29, 1.82) is 0 Å². The predicted octanol–water partition coefficient (Wildman–Crippen LogP) is -0.483. The van der Waals surface area contributed by atoms with E-state index in [1.54, 1.807) is 12.3 Å². The molecule has 0 spiro atoms. The second kappa shape index (κ2) is 3.32. The van der Waals surface area contributed by atoms with Crippen molar-refractivity contribution in [2.75, 3.05) is 6.54 Å². The Hall–Kier alpha value is -1.13. The molecule has 4 nitrogen and oxygen atoms in total. The average Bonchev–Trinajstić information content (AvgIpc) is 2.53. The summed E-state index contributed by atoms with van der Waals surface area (Å²) >= 11 is 0. The van der Waals surface area contributed by atoms with Gasteiger partial charge in [-0.2, -0.15) is 0 Å². The highest BCUT2D eigenvalue weighted by Crippen LogP contribution is 2.00. The molecule has 1 rings (SSSR count). The van der Waals surface area contributed by atoms with E-state index in [0.717, 1.165) is 0 Å². The Morgan fingerprint density at radius 1 is 1.82 bits per heavy atom. The van der Waals surface area contributed by atoms with Crippen molar-refractivity contribution in [1.82, 2.24) is 4.98 Å². The molecule has 0 aromatic carbocycles. The van der Waals surface area contributed by atoms with Crippen LogP contribution in [0.5, 0.6) is 0 Å². The van der Waals surface area contributed by atoms with Crippen molar-refractivity contribution >= 4 is 5.78 Å². The number of carbonyl (C=O) groups excluding carboxylic acids is 1. The van der Waals surface area contributed by atoms with E-state index in [0.29, 0.717) is 5.56 Å². The molecule has 11 heavy (non-hydrogen) atoms. The van der Waals surface area contributed by atoms with E-state index in [4.69, 9.17) is 10.8 Å². The summed E-state index contributed by atoms with van der Waals surface area (Å²) in [5.41, 5.74) is 5.56. The standard InChI is InChI=1S/C7H10N2O2/c8-3-6(10)7(11)5-1-2-9-4-5/h1-2,4,6,9-10H,3,8H2. The number of rotatable bonds is 3. The molecule has 0 amide bonds. The quantitative estimate of drug-likeness (QED) is 0.514. The molecule has 0 radical (unpaired) electrons. The fraction of sp³-hybridized carbons (Fsp3) is 0.286. The molecule has 1 unspecified atom stereocenters. The number of hydrogen-bond acceptors (Lipinski definition) is 3. The number of nitrogens with two attached hydrogens (primary N) is 1. The fourth-order valence-electron chi connectivity index (χ4n) is 0.777. The highest BCUT2D eigenvalue weighted by Gasteiger charge is 2.14. The van der Waals surface area contributed by atoms with Gasteiger partial charge < -0.3 is 15.8 Å². The number of aromatic amines is 1. The Bertz CT molecular complexity index is 231. The molecule has 0 aliphatic rings. The Kier molecular flexibility index (Phi) is 2.40. The first-order chi connectivity index (χ1) is 5.25. The van der Waals surface area contributed by atoms with Gasteiger partial charge in [-0.25, -0.2) is 0 Å². The van der Waals surface area contributed by atoms with Crippen molar-refractivity contribution in [3.63, 3.8) is 0 Å². The van der Waals surface area contributed by atoms with Gasteiger partial charge in [0, 0.05) is 24.5 Å². The highest BCUT2D eigenvalue weighted by atomic mass is 16.3. The summed E-state index contributed by atoms with van der Waals surface area (Å²) in [6.07, 6.45) is 2.07. The Labute approximate surface area is 64.0 Å². The van der Waals surface area contributed by atoms with Gasteiger partial charge in [0.1, 0.15) is 6.10 Å². The number of aliphatic hydroxyl groups excluding tert-OH is 1. The van der Waals surface area contributed by atoms with Crippen LogP contribution in [-0.2, 0) is 0 Å². The Balaban J connectivity index is 2.70. The monoisotopic (exact) mass is 154 g/mol. The number of ketones is 1. The van der Waals surface area contributed by atoms with Crippen LogP contribution in [-0.4, -0.2) is 28.5 Å². The first kappa shape index (κ1) is 7.97. The third-order valence-corrected chi connectivity index (χ3v) is 1.41. The lowest BCUT2D eigenvalue weighted by Gasteiger charge is -2.02. The second-order valence-electron chi connectivity index (χ2n) is 2.22. The van der Waals surface area contributed by atoms with Gasteiger partial charge in [-0.1, -0.05) is 0 Å². The van der Waals surface area contributed by atoms with E-state index < -0.39 is 6.10 Å². The summed E-state index contributed by atoms with van der Waals surface area (Å²) in [4.78, 5) is 13.8. The molecule has 1 atom stereocenters. The van der Waals surface area contributed by atoms with E-state index >= 15 is 0 Å². The summed E-state index contributed by atoms with van der Waals surface area (Å²) in [5, 5.41) is 9.01. The maximum absolute atomic E-state index is 11.1. The van der Waals surface area contributed by atoms with Crippen molar-refractivity contribution < 1.29 is 9.90 Å². The lowest BCUT2D eigenvalue weighted by Crippen LogP contribution is -2.28. The van der Waals surface area contributed by atoms with Gasteiger partial charge in [-0.05, 0) is 6.07 Å². The van der Waals surface area contributed by atoms with Crippen LogP contribution in [0, 0.1) is 0 Å². The SMILES string of the molecule is NCC(O)C(=O)c1cc[nH]c1. The molecule has 4 heteroatoms. The van der Waals surface area contributed by atoms with Gasteiger partial charge in [0.2, 0.25) is 0 Å². The summed E-state index contributed by atoms with van der Waals surface area (Å²) in [5.74, 6) is -0.339. The lowest BCUT2D eigenvalue weighted by molar-refractivity contribution is 0.0763. The van der Waals surface area contributed by atoms with Gasteiger partial charge in [0.25, 0.3) is 0 Å². The zero-order chi connectivity index (χ0) is 8.27. The largest absolute Gasteiger partial charge is 0.384 e. The van der Waals surface area contributed by atoms with Gasteiger partial charge in [0.05, 0.1) is 0 Å². The minimum Gasteiger partial charge on any atom is -0.384 e. The van der Waals surface area contributed by atoms with Crippen LogP contribution in [0.25, 0.3) is 0 Å². The Morgan fingerprint density at radius 2 is 2.55 bits per heavy atom. The topological polar surface area (TPSA) is 79.1 Å². The molecule has 0 bridgehead atoms. The van der Waals surface area contributed by atoms with Gasteiger partial charge in [0.15, 0.2) is 5.78 Å². The minimum atomic E-state index is -1.08. The summed E-state index contributed by atoms with van der Waals surface area (Å²) in [6, 6.07) is 1.60. The van der Waals surface area contributed by atoms with Crippen LogP contribution in [0.4, 0.5) is 0 Å². The zero-order valence-electron chi connectivity index (χ0n) is 5.95. The fourth-order valence-corrected chi connectivity index (χ4v) is 0.777. The molecule has 60 valence electrons. The zero-order valence-corrected chi connectivity index (χ0v) is 5.95. The molecule has 0 fully saturated rings. The molecule has 0 saturated carbocycles. The summed E-state index contributed by atoms with van der Waals surface area (Å²) < 4.78 is 0. The van der Waals surface area contributed by atoms with Crippen molar-refractivity contribution in [3.05, 3.63) is 24.0 Å². The van der Waals surface area contributed by atoms with E-state index in [1.165, 1.54) is 6.20 Å². The predicted molar refractivity (Wildman–Crippen MR) is 40.2 cm³/mol. The normalized spacial score (nSPS) is 12.9. The van der Waals surface area contributed by atoms with Crippen LogP contribution < -0.4 is 5.73 Å². The molecular formula is C7H10N2O2. The summed E-state index contributed by atoms with van der Waals surface area (Å²) in [6.45, 7) is -0.0377. The smallest absolute Gasteiger partial charge is 0.194 e. The molecule has 1 aromatic heterocycles. The van der Waals surface area contributed by atoms with Crippen molar-refractivity contribution in [3.8, 4) is 0 Å². The van der Waals surface area contributed by atoms with Gasteiger partial charge >= 0.3 is 0 Å². The third kappa shape index (κ3) is 1.66. The van der Waals surface area contributed by atoms with Crippen molar-refractivity contribution in [2.24, 2.45) is 5.73 Å². The third-order valence-electron chi connectivity index (χ3n) is 1.41. The Morgan fingerprint density at radius 3 is 3.00 bits per heavy atom. The first-order valence-corrected chi connectivity index (χ1v) is 3.31. The molecular weight excluding hydrogens is 144 g/mol. The molecule has 0 saturated heterocycles. The number of aliphatic hydroxyl groups is 1.